The van der Waals surface area contributed by atoms with Crippen LogP contribution in [0.25, 0.3) is 0 Å². The molecule has 2 atom stereocenters. The quantitative estimate of drug-likeness (QED) is 0.461. The van der Waals surface area contributed by atoms with Gasteiger partial charge in [0.2, 0.25) is 11.9 Å². The topological polar surface area (TPSA) is 125 Å². The zero-order chi connectivity index (χ0) is 24.4. The van der Waals surface area contributed by atoms with Crippen molar-refractivity contribution in [2.24, 2.45) is 11.7 Å². The van der Waals surface area contributed by atoms with E-state index in [1.165, 1.54) is 0 Å². The Morgan fingerprint density at radius 3 is 2.46 bits per heavy atom. The zero-order valence-corrected chi connectivity index (χ0v) is 20.3. The van der Waals surface area contributed by atoms with Gasteiger partial charge in [-0.05, 0) is 88.8 Å². The van der Waals surface area contributed by atoms with Gasteiger partial charge < -0.3 is 26.6 Å². The number of nitrogens with one attached hydrogen (secondary N) is 3. The Balaban J connectivity index is 1.24. The van der Waals surface area contributed by atoms with E-state index in [0.717, 1.165) is 75.1 Å². The molecule has 0 bridgehead atoms. The molecule has 3 aliphatic rings. The van der Waals surface area contributed by atoms with Gasteiger partial charge in [-0.2, -0.15) is 4.98 Å². The molecule has 0 unspecified atom stereocenters. The third-order valence-corrected chi connectivity index (χ3v) is 7.49. The third-order valence-electron chi connectivity index (χ3n) is 7.49. The van der Waals surface area contributed by atoms with Crippen LogP contribution in [-0.4, -0.2) is 58.9 Å². The Morgan fingerprint density at radius 1 is 1.03 bits per heavy atom. The van der Waals surface area contributed by atoms with Gasteiger partial charge in [-0.3, -0.25) is 9.59 Å². The minimum atomic E-state index is -0.250. The van der Waals surface area contributed by atoms with Gasteiger partial charge in [0.15, 0.2) is 0 Å². The highest BCUT2D eigenvalue weighted by atomic mass is 16.2. The van der Waals surface area contributed by atoms with Crippen LogP contribution in [0.4, 0.5) is 17.5 Å². The first-order valence-corrected chi connectivity index (χ1v) is 12.8. The van der Waals surface area contributed by atoms with Crippen molar-refractivity contribution in [2.75, 3.05) is 30.8 Å². The molecule has 186 valence electrons. The fourth-order valence-corrected chi connectivity index (χ4v) is 5.16. The molecule has 0 spiro atoms. The molecule has 3 fully saturated rings. The molecule has 2 aromatic rings. The highest BCUT2D eigenvalue weighted by Gasteiger charge is 2.34. The van der Waals surface area contributed by atoms with E-state index in [0.29, 0.717) is 17.4 Å². The van der Waals surface area contributed by atoms with Crippen molar-refractivity contribution in [3.05, 3.63) is 41.6 Å². The average Bonchev–Trinajstić information content (AvgIpc) is 3.58. The van der Waals surface area contributed by atoms with Gasteiger partial charge in [0, 0.05) is 35.1 Å². The first-order chi connectivity index (χ1) is 17.0. The largest absolute Gasteiger partial charge is 0.369 e. The zero-order valence-electron chi connectivity index (χ0n) is 20.3. The number of carbonyl (C=O) groups is 2. The van der Waals surface area contributed by atoms with E-state index >= 15 is 0 Å². The molecule has 35 heavy (non-hydrogen) atoms. The van der Waals surface area contributed by atoms with Crippen molar-refractivity contribution < 1.29 is 9.59 Å². The van der Waals surface area contributed by atoms with Gasteiger partial charge in [-0.25, -0.2) is 4.98 Å². The van der Waals surface area contributed by atoms with E-state index in [4.69, 9.17) is 10.7 Å². The van der Waals surface area contributed by atoms with Gasteiger partial charge in [0.25, 0.3) is 5.91 Å². The van der Waals surface area contributed by atoms with Gasteiger partial charge in [-0.1, -0.05) is 6.42 Å². The summed E-state index contributed by atoms with van der Waals surface area (Å²) >= 11 is 0. The lowest BCUT2D eigenvalue weighted by Crippen LogP contribution is -2.43. The number of benzene rings is 1. The van der Waals surface area contributed by atoms with Crippen LogP contribution in [0.5, 0.6) is 0 Å². The van der Waals surface area contributed by atoms with E-state index in [-0.39, 0.29) is 29.8 Å². The minimum absolute atomic E-state index is 0.00936. The van der Waals surface area contributed by atoms with E-state index < -0.39 is 0 Å². The summed E-state index contributed by atoms with van der Waals surface area (Å²) in [4.78, 5) is 36.1. The summed E-state index contributed by atoms with van der Waals surface area (Å²) in [5.74, 6) is 1.29. The molecular weight excluding hydrogens is 442 g/mol. The average molecular weight is 478 g/mol. The Labute approximate surface area is 206 Å². The number of rotatable bonds is 8. The van der Waals surface area contributed by atoms with E-state index in [9.17, 15) is 9.59 Å². The predicted molar refractivity (Wildman–Crippen MR) is 136 cm³/mol. The highest BCUT2D eigenvalue weighted by Crippen LogP contribution is 2.43. The second-order valence-corrected chi connectivity index (χ2v) is 10.2. The van der Waals surface area contributed by atoms with Gasteiger partial charge in [0.05, 0.1) is 5.92 Å². The van der Waals surface area contributed by atoms with Crippen LogP contribution in [0, 0.1) is 5.92 Å². The Kier molecular flexibility index (Phi) is 6.86. The number of aromatic nitrogens is 2. The Hall–Kier alpha value is -3.20. The SMILES string of the molecule is CN1CCC(NC(=O)c2ccc(Nc3ncc(C4CC4)c(N[C@@H]4CCC[C@@H]4C(N)=O)n3)cc2)CC1. The summed E-state index contributed by atoms with van der Waals surface area (Å²) in [6.45, 7) is 2.02. The van der Waals surface area contributed by atoms with Gasteiger partial charge in [0.1, 0.15) is 5.82 Å². The normalized spacial score (nSPS) is 23.1. The summed E-state index contributed by atoms with van der Waals surface area (Å²) in [5.41, 5.74) is 8.17. The molecule has 2 saturated carbocycles. The van der Waals surface area contributed by atoms with Crippen LogP contribution >= 0.6 is 0 Å². The number of primary amides is 1. The molecular formula is C26H35N7O2. The molecule has 1 aromatic carbocycles. The molecule has 9 heteroatoms. The van der Waals surface area contributed by atoms with Crippen LogP contribution < -0.4 is 21.7 Å². The molecule has 0 radical (unpaired) electrons. The van der Waals surface area contributed by atoms with E-state index in [2.05, 4.69) is 32.9 Å². The summed E-state index contributed by atoms with van der Waals surface area (Å²) in [7, 11) is 2.11. The lowest BCUT2D eigenvalue weighted by molar-refractivity contribution is -0.121. The van der Waals surface area contributed by atoms with Crippen LogP contribution in [0.15, 0.2) is 30.5 Å². The van der Waals surface area contributed by atoms with Crippen LogP contribution in [0.2, 0.25) is 0 Å². The number of amides is 2. The van der Waals surface area contributed by atoms with Gasteiger partial charge >= 0.3 is 0 Å². The molecule has 1 saturated heterocycles. The molecule has 2 amide bonds. The van der Waals surface area contributed by atoms with E-state index in [1.807, 2.05) is 30.5 Å². The van der Waals surface area contributed by atoms with Crippen molar-refractivity contribution >= 4 is 29.3 Å². The standard InChI is InChI=1S/C26H35N7O2/c1-33-13-11-19(12-14-33)29-25(35)17-7-9-18(10-8-17)30-26-28-15-21(16-5-6-16)24(32-26)31-22-4-2-3-20(22)23(27)34/h7-10,15-16,19-20,22H,2-6,11-14H2,1H3,(H2,27,34)(H,29,35)(H2,28,30,31,32)/t20-,22+/m0/s1. The third kappa shape index (κ3) is 5.73. The first-order valence-electron chi connectivity index (χ1n) is 12.8. The number of piperidine rings is 1. The van der Waals surface area contributed by atoms with Gasteiger partial charge in [-0.15, -0.1) is 0 Å². The second kappa shape index (κ2) is 10.2. The summed E-state index contributed by atoms with van der Waals surface area (Å²) < 4.78 is 0. The summed E-state index contributed by atoms with van der Waals surface area (Å²) in [5, 5.41) is 9.91. The van der Waals surface area contributed by atoms with Crippen molar-refractivity contribution in [1.82, 2.24) is 20.2 Å². The fraction of sp³-hybridized carbons (Fsp3) is 0.538. The lowest BCUT2D eigenvalue weighted by atomic mass is 10.0. The fourth-order valence-electron chi connectivity index (χ4n) is 5.16. The lowest BCUT2D eigenvalue weighted by Gasteiger charge is -2.29. The minimum Gasteiger partial charge on any atom is -0.369 e. The maximum absolute atomic E-state index is 12.6. The maximum Gasteiger partial charge on any atom is 0.251 e. The Bertz CT molecular complexity index is 1060. The number of nitrogens with two attached hydrogens (primary N) is 1. The van der Waals surface area contributed by atoms with Crippen molar-refractivity contribution in [2.45, 2.75) is 62.9 Å². The van der Waals surface area contributed by atoms with Crippen molar-refractivity contribution in [1.29, 1.82) is 0 Å². The van der Waals surface area contributed by atoms with Crippen LogP contribution in [-0.2, 0) is 4.79 Å². The molecule has 5 rings (SSSR count). The molecule has 5 N–H and O–H groups in total. The van der Waals surface area contributed by atoms with Crippen molar-refractivity contribution in [3.63, 3.8) is 0 Å². The molecule has 1 aliphatic heterocycles. The van der Waals surface area contributed by atoms with Crippen molar-refractivity contribution in [3.8, 4) is 0 Å². The summed E-state index contributed by atoms with van der Waals surface area (Å²) in [6.07, 6.45) is 8.82. The predicted octanol–water partition coefficient (Wildman–Crippen LogP) is 2.99. The monoisotopic (exact) mass is 477 g/mol. The summed E-state index contributed by atoms with van der Waals surface area (Å²) in [6, 6.07) is 7.62. The number of likely N-dealkylation sites (tertiary alicyclic amines) is 1. The second-order valence-electron chi connectivity index (χ2n) is 10.2. The smallest absolute Gasteiger partial charge is 0.251 e. The number of anilines is 3. The molecule has 9 nitrogen and oxygen atoms in total. The molecule has 2 aliphatic carbocycles. The first kappa shape index (κ1) is 23.5. The Morgan fingerprint density at radius 2 is 1.77 bits per heavy atom. The molecule has 2 heterocycles. The van der Waals surface area contributed by atoms with Crippen LogP contribution in [0.1, 0.15) is 66.8 Å². The van der Waals surface area contributed by atoms with Crippen LogP contribution in [0.3, 0.4) is 0 Å². The highest BCUT2D eigenvalue weighted by molar-refractivity contribution is 5.94. The number of hydrogen-bond donors (Lipinski definition) is 4. The number of nitrogens with zero attached hydrogens (tertiary/aromatic N) is 3. The molecule has 1 aromatic heterocycles. The number of carbonyl (C=O) groups excluding carboxylic acids is 2. The van der Waals surface area contributed by atoms with E-state index in [1.54, 1.807) is 0 Å². The maximum atomic E-state index is 12.6. The number of hydrogen-bond acceptors (Lipinski definition) is 7.